The van der Waals surface area contributed by atoms with Gasteiger partial charge in [0.15, 0.2) is 0 Å². The van der Waals surface area contributed by atoms with Crippen LogP contribution in [-0.2, 0) is 0 Å². The molecule has 0 saturated heterocycles. The molecular weight excluding hydrogens is 290 g/mol. The Morgan fingerprint density at radius 3 is 2.67 bits per heavy atom. The normalized spacial score (nSPS) is 9.93. The molecule has 1 N–H and O–H groups in total. The fourth-order valence-corrected chi connectivity index (χ4v) is 2.48. The van der Waals surface area contributed by atoms with E-state index in [-0.39, 0.29) is 0 Å². The molecule has 0 aliphatic carbocycles. The Morgan fingerprint density at radius 1 is 1.20 bits per heavy atom. The Morgan fingerprint density at radius 2 is 2.00 bits per heavy atom. The lowest BCUT2D eigenvalue weighted by atomic mass is 10.3. The monoisotopic (exact) mass is 297 g/mol. The van der Waals surface area contributed by atoms with E-state index < -0.39 is 0 Å². The maximum atomic E-state index is 5.29. The van der Waals surface area contributed by atoms with E-state index in [0.717, 1.165) is 20.0 Å². The number of hydrogen-bond donors (Lipinski definition) is 1. The molecular formula is C11H8BrNS2. The Bertz CT molecular complexity index is 465. The van der Waals surface area contributed by atoms with Crippen molar-refractivity contribution >= 4 is 50.2 Å². The number of thiocarbonyl (C=S) groups is 1. The highest BCUT2D eigenvalue weighted by atomic mass is 79.9. The van der Waals surface area contributed by atoms with E-state index in [0.29, 0.717) is 0 Å². The molecule has 1 heterocycles. The Labute approximate surface area is 106 Å². The summed E-state index contributed by atoms with van der Waals surface area (Å²) in [4.78, 5) is 1.85. The van der Waals surface area contributed by atoms with Crippen LogP contribution in [0.4, 0.5) is 5.69 Å². The van der Waals surface area contributed by atoms with E-state index in [1.54, 1.807) is 11.3 Å². The van der Waals surface area contributed by atoms with Gasteiger partial charge < -0.3 is 5.32 Å². The smallest absolute Gasteiger partial charge is 0.121 e. The van der Waals surface area contributed by atoms with Crippen LogP contribution in [0.3, 0.4) is 0 Å². The molecule has 1 aromatic carbocycles. The first kappa shape index (κ1) is 10.8. The maximum Gasteiger partial charge on any atom is 0.121 e. The molecule has 1 nitrogen and oxygen atoms in total. The average Bonchev–Trinajstić information content (AvgIpc) is 2.74. The third-order valence-corrected chi connectivity index (χ3v) is 3.90. The van der Waals surface area contributed by atoms with Crippen LogP contribution in [0.2, 0.25) is 0 Å². The van der Waals surface area contributed by atoms with Crippen molar-refractivity contribution in [3.05, 3.63) is 51.1 Å². The standard InChI is InChI=1S/C11H8BrNS2/c12-8-4-1-2-5-9(8)13-11(14)10-6-3-7-15-10/h1-7H,(H,13,14). The summed E-state index contributed by atoms with van der Waals surface area (Å²) >= 11 is 10.4. The minimum atomic E-state index is 0.761. The van der Waals surface area contributed by atoms with Gasteiger partial charge in [0, 0.05) is 4.47 Å². The van der Waals surface area contributed by atoms with Crippen molar-refractivity contribution in [3.63, 3.8) is 0 Å². The molecule has 0 bridgehead atoms. The van der Waals surface area contributed by atoms with Gasteiger partial charge in [-0.15, -0.1) is 11.3 Å². The zero-order chi connectivity index (χ0) is 10.7. The SMILES string of the molecule is S=C(Nc1ccccc1Br)c1cccs1. The van der Waals surface area contributed by atoms with Gasteiger partial charge in [-0.25, -0.2) is 0 Å². The maximum absolute atomic E-state index is 5.29. The van der Waals surface area contributed by atoms with Crippen molar-refractivity contribution in [1.82, 2.24) is 0 Å². The molecule has 0 amide bonds. The predicted molar refractivity (Wildman–Crippen MR) is 73.8 cm³/mol. The fourth-order valence-electron chi connectivity index (χ4n) is 1.15. The number of benzene rings is 1. The fraction of sp³-hybridized carbons (Fsp3) is 0. The summed E-state index contributed by atoms with van der Waals surface area (Å²) in [6.07, 6.45) is 0. The molecule has 2 aromatic rings. The van der Waals surface area contributed by atoms with Gasteiger partial charge in [0.1, 0.15) is 4.99 Å². The predicted octanol–water partition coefficient (Wildman–Crippen LogP) is 4.30. The van der Waals surface area contributed by atoms with Crippen LogP contribution in [0, 0.1) is 0 Å². The van der Waals surface area contributed by atoms with Gasteiger partial charge in [-0.3, -0.25) is 0 Å². The third-order valence-electron chi connectivity index (χ3n) is 1.87. The van der Waals surface area contributed by atoms with Crippen molar-refractivity contribution in [1.29, 1.82) is 0 Å². The summed E-state index contributed by atoms with van der Waals surface area (Å²) in [5, 5.41) is 5.22. The van der Waals surface area contributed by atoms with Crippen LogP contribution >= 0.6 is 39.5 Å². The van der Waals surface area contributed by atoms with E-state index >= 15 is 0 Å². The number of anilines is 1. The molecule has 0 spiro atoms. The first-order valence-electron chi connectivity index (χ1n) is 4.37. The number of hydrogen-bond acceptors (Lipinski definition) is 2. The van der Waals surface area contributed by atoms with Gasteiger partial charge in [-0.1, -0.05) is 30.4 Å². The number of para-hydroxylation sites is 1. The minimum absolute atomic E-state index is 0.761. The summed E-state index contributed by atoms with van der Waals surface area (Å²) in [7, 11) is 0. The van der Waals surface area contributed by atoms with Gasteiger partial charge >= 0.3 is 0 Å². The van der Waals surface area contributed by atoms with Crippen LogP contribution in [0.5, 0.6) is 0 Å². The van der Waals surface area contributed by atoms with Gasteiger partial charge in [-0.2, -0.15) is 0 Å². The van der Waals surface area contributed by atoms with Crippen molar-refractivity contribution in [3.8, 4) is 0 Å². The zero-order valence-corrected chi connectivity index (χ0v) is 11.0. The Balaban J connectivity index is 2.17. The van der Waals surface area contributed by atoms with Gasteiger partial charge in [-0.05, 0) is 39.5 Å². The van der Waals surface area contributed by atoms with Gasteiger partial charge in [0.2, 0.25) is 0 Å². The quantitative estimate of drug-likeness (QED) is 0.830. The van der Waals surface area contributed by atoms with Gasteiger partial charge in [0.05, 0.1) is 10.6 Å². The second-order valence-electron chi connectivity index (χ2n) is 2.91. The summed E-state index contributed by atoms with van der Waals surface area (Å²) in [6.45, 7) is 0. The number of thiophene rings is 1. The minimum Gasteiger partial charge on any atom is -0.345 e. The van der Waals surface area contributed by atoms with Crippen LogP contribution in [0.15, 0.2) is 46.3 Å². The summed E-state index contributed by atoms with van der Waals surface area (Å²) in [6, 6.07) is 11.9. The molecule has 0 aliphatic heterocycles. The van der Waals surface area contributed by atoms with Gasteiger partial charge in [0.25, 0.3) is 0 Å². The molecule has 76 valence electrons. The average molecular weight is 298 g/mol. The number of nitrogens with one attached hydrogen (secondary N) is 1. The lowest BCUT2D eigenvalue weighted by molar-refractivity contribution is 1.60. The van der Waals surface area contributed by atoms with E-state index in [1.165, 1.54) is 0 Å². The van der Waals surface area contributed by atoms with Crippen molar-refractivity contribution < 1.29 is 0 Å². The second-order valence-corrected chi connectivity index (χ2v) is 5.12. The molecule has 15 heavy (non-hydrogen) atoms. The molecule has 0 aliphatic rings. The first-order valence-corrected chi connectivity index (χ1v) is 6.45. The highest BCUT2D eigenvalue weighted by Crippen LogP contribution is 2.22. The molecule has 0 fully saturated rings. The van der Waals surface area contributed by atoms with E-state index in [2.05, 4.69) is 21.2 Å². The largest absolute Gasteiger partial charge is 0.345 e. The lowest BCUT2D eigenvalue weighted by Gasteiger charge is -2.07. The molecule has 4 heteroatoms. The third kappa shape index (κ3) is 2.65. The molecule has 0 atom stereocenters. The number of rotatable bonds is 2. The topological polar surface area (TPSA) is 12.0 Å². The van der Waals surface area contributed by atoms with Crippen molar-refractivity contribution in [2.45, 2.75) is 0 Å². The van der Waals surface area contributed by atoms with Crippen LogP contribution < -0.4 is 5.32 Å². The summed E-state index contributed by atoms with van der Waals surface area (Å²) < 4.78 is 1.02. The highest BCUT2D eigenvalue weighted by Gasteiger charge is 2.04. The second kappa shape index (κ2) is 4.88. The molecule has 1 aromatic heterocycles. The highest BCUT2D eigenvalue weighted by molar-refractivity contribution is 9.10. The number of halogens is 1. The van der Waals surface area contributed by atoms with Crippen LogP contribution in [0.25, 0.3) is 0 Å². The lowest BCUT2D eigenvalue weighted by Crippen LogP contribution is -2.08. The molecule has 2 rings (SSSR count). The summed E-state index contributed by atoms with van der Waals surface area (Å²) in [5.41, 5.74) is 0.996. The Kier molecular flexibility index (Phi) is 3.51. The first-order chi connectivity index (χ1) is 7.27. The van der Waals surface area contributed by atoms with E-state index in [1.807, 2.05) is 41.8 Å². The van der Waals surface area contributed by atoms with Crippen LogP contribution in [0.1, 0.15) is 4.88 Å². The molecule has 0 saturated carbocycles. The van der Waals surface area contributed by atoms with Crippen molar-refractivity contribution in [2.24, 2.45) is 0 Å². The van der Waals surface area contributed by atoms with Crippen molar-refractivity contribution in [2.75, 3.05) is 5.32 Å². The Hall–Kier alpha value is -0.710. The van der Waals surface area contributed by atoms with E-state index in [4.69, 9.17) is 12.2 Å². The zero-order valence-electron chi connectivity index (χ0n) is 7.74. The summed E-state index contributed by atoms with van der Waals surface area (Å²) in [5.74, 6) is 0. The van der Waals surface area contributed by atoms with E-state index in [9.17, 15) is 0 Å². The van der Waals surface area contributed by atoms with Crippen LogP contribution in [-0.4, -0.2) is 4.99 Å². The molecule has 0 unspecified atom stereocenters. The molecule has 0 radical (unpaired) electrons.